The van der Waals surface area contributed by atoms with E-state index in [9.17, 15) is 10.1 Å². The van der Waals surface area contributed by atoms with Crippen LogP contribution >= 0.6 is 11.8 Å². The van der Waals surface area contributed by atoms with E-state index in [0.717, 1.165) is 10.5 Å². The zero-order valence-electron chi connectivity index (χ0n) is 13.9. The third-order valence-corrected chi connectivity index (χ3v) is 4.44. The number of hydrogen-bond donors (Lipinski definition) is 1. The van der Waals surface area contributed by atoms with Crippen LogP contribution in [-0.2, 0) is 11.3 Å². The number of carbonyl (C=O) groups is 1. The predicted molar refractivity (Wildman–Crippen MR) is 101 cm³/mol. The Balaban J connectivity index is 1.65. The van der Waals surface area contributed by atoms with Crippen molar-refractivity contribution < 1.29 is 9.21 Å². The summed E-state index contributed by atoms with van der Waals surface area (Å²) in [5, 5.41) is 12.7. The SMILES string of the molecule is N#C/C(=C/c1ccc(Sc2ccccc2)o1)C(=O)NCc1ccccc1. The van der Waals surface area contributed by atoms with Gasteiger partial charge in [0.05, 0.1) is 0 Å². The van der Waals surface area contributed by atoms with Crippen LogP contribution in [0.1, 0.15) is 11.3 Å². The second-order valence-electron chi connectivity index (χ2n) is 5.41. The lowest BCUT2D eigenvalue weighted by Gasteiger charge is -2.03. The van der Waals surface area contributed by atoms with E-state index in [-0.39, 0.29) is 5.57 Å². The van der Waals surface area contributed by atoms with Gasteiger partial charge < -0.3 is 9.73 Å². The van der Waals surface area contributed by atoms with Crippen molar-refractivity contribution in [3.8, 4) is 6.07 Å². The number of benzene rings is 2. The van der Waals surface area contributed by atoms with Gasteiger partial charge in [-0.3, -0.25) is 4.79 Å². The fraction of sp³-hybridized carbons (Fsp3) is 0.0476. The lowest BCUT2D eigenvalue weighted by molar-refractivity contribution is -0.117. The minimum atomic E-state index is -0.426. The van der Waals surface area contributed by atoms with E-state index in [4.69, 9.17) is 4.42 Å². The maximum absolute atomic E-state index is 12.2. The quantitative estimate of drug-likeness (QED) is 0.513. The van der Waals surface area contributed by atoms with Gasteiger partial charge in [-0.25, -0.2) is 0 Å². The number of nitrogens with one attached hydrogen (secondary N) is 1. The lowest BCUT2D eigenvalue weighted by atomic mass is 10.2. The Morgan fingerprint density at radius 1 is 1.04 bits per heavy atom. The molecule has 1 N–H and O–H groups in total. The number of furan rings is 1. The Kier molecular flexibility index (Phi) is 5.92. The molecule has 1 amide bonds. The molecule has 1 heterocycles. The normalized spacial score (nSPS) is 11.0. The summed E-state index contributed by atoms with van der Waals surface area (Å²) >= 11 is 1.48. The van der Waals surface area contributed by atoms with Crippen molar-refractivity contribution in [2.45, 2.75) is 16.5 Å². The molecule has 4 nitrogen and oxygen atoms in total. The molecule has 0 fully saturated rings. The van der Waals surface area contributed by atoms with Gasteiger partial charge in [0.15, 0.2) is 5.09 Å². The van der Waals surface area contributed by atoms with Gasteiger partial charge in [-0.2, -0.15) is 5.26 Å². The van der Waals surface area contributed by atoms with Crippen molar-refractivity contribution in [1.29, 1.82) is 5.26 Å². The smallest absolute Gasteiger partial charge is 0.262 e. The van der Waals surface area contributed by atoms with Crippen LogP contribution in [-0.4, -0.2) is 5.91 Å². The van der Waals surface area contributed by atoms with Crippen LogP contribution < -0.4 is 5.32 Å². The van der Waals surface area contributed by atoms with Crippen LogP contribution in [0.5, 0.6) is 0 Å². The summed E-state index contributed by atoms with van der Waals surface area (Å²) in [6.45, 7) is 0.367. The summed E-state index contributed by atoms with van der Waals surface area (Å²) in [7, 11) is 0. The zero-order chi connectivity index (χ0) is 18.2. The van der Waals surface area contributed by atoms with Crippen LogP contribution in [0.15, 0.2) is 92.8 Å². The summed E-state index contributed by atoms with van der Waals surface area (Å²) in [5.41, 5.74) is 0.976. The van der Waals surface area contributed by atoms with E-state index in [2.05, 4.69) is 5.32 Å². The molecule has 0 spiro atoms. The number of hydrogen-bond acceptors (Lipinski definition) is 4. The number of rotatable bonds is 6. The Labute approximate surface area is 156 Å². The Bertz CT molecular complexity index is 941. The van der Waals surface area contributed by atoms with E-state index in [1.807, 2.05) is 72.8 Å². The first-order valence-electron chi connectivity index (χ1n) is 8.01. The van der Waals surface area contributed by atoms with Gasteiger partial charge in [0.2, 0.25) is 0 Å². The molecule has 5 heteroatoms. The third-order valence-electron chi connectivity index (χ3n) is 3.51. The summed E-state index contributed by atoms with van der Waals surface area (Å²) in [6, 6.07) is 24.9. The predicted octanol–water partition coefficient (Wildman–Crippen LogP) is 4.65. The molecule has 0 saturated heterocycles. The van der Waals surface area contributed by atoms with Crippen molar-refractivity contribution in [2.75, 3.05) is 0 Å². The molecule has 0 unspecified atom stereocenters. The fourth-order valence-electron chi connectivity index (χ4n) is 2.24. The molecule has 0 saturated carbocycles. The van der Waals surface area contributed by atoms with Crippen molar-refractivity contribution >= 4 is 23.7 Å². The average Bonchev–Trinajstić information content (AvgIpc) is 3.12. The molecule has 26 heavy (non-hydrogen) atoms. The minimum Gasteiger partial charge on any atom is -0.450 e. The molecule has 1 aromatic heterocycles. The van der Waals surface area contributed by atoms with Gasteiger partial charge in [-0.05, 0) is 29.8 Å². The maximum Gasteiger partial charge on any atom is 0.262 e. The van der Waals surface area contributed by atoms with E-state index in [1.165, 1.54) is 17.8 Å². The van der Waals surface area contributed by atoms with E-state index in [0.29, 0.717) is 17.4 Å². The molecule has 3 rings (SSSR count). The van der Waals surface area contributed by atoms with Gasteiger partial charge in [0.1, 0.15) is 17.4 Å². The molecular weight excluding hydrogens is 344 g/mol. The zero-order valence-corrected chi connectivity index (χ0v) is 14.7. The Morgan fingerprint density at radius 2 is 1.73 bits per heavy atom. The molecule has 0 bridgehead atoms. The number of carbonyl (C=O) groups excluding carboxylic acids is 1. The summed E-state index contributed by atoms with van der Waals surface area (Å²) in [6.07, 6.45) is 1.45. The van der Waals surface area contributed by atoms with E-state index in [1.54, 1.807) is 6.07 Å². The van der Waals surface area contributed by atoms with Crippen LogP contribution in [0.2, 0.25) is 0 Å². The van der Waals surface area contributed by atoms with Gasteiger partial charge in [-0.15, -0.1) is 0 Å². The molecule has 128 valence electrons. The third kappa shape index (κ3) is 4.88. The molecule has 2 aromatic carbocycles. The molecule has 3 aromatic rings. The Morgan fingerprint density at radius 3 is 2.42 bits per heavy atom. The Hall–Kier alpha value is -3.23. The van der Waals surface area contributed by atoms with E-state index < -0.39 is 5.91 Å². The minimum absolute atomic E-state index is 0.00606. The van der Waals surface area contributed by atoms with Gasteiger partial charge in [0.25, 0.3) is 5.91 Å². The summed E-state index contributed by atoms with van der Waals surface area (Å²) in [5.74, 6) is 0.0415. The highest BCUT2D eigenvalue weighted by atomic mass is 32.2. The first kappa shape index (κ1) is 17.6. The molecule has 0 radical (unpaired) electrons. The standard InChI is InChI=1S/C21H16N2O2S/c22-14-17(21(24)23-15-16-7-3-1-4-8-16)13-18-11-12-20(25-18)26-19-9-5-2-6-10-19/h1-13H,15H2,(H,23,24)/b17-13-. The van der Waals surface area contributed by atoms with Crippen molar-refractivity contribution in [1.82, 2.24) is 5.32 Å². The molecule has 0 aliphatic rings. The number of nitriles is 1. The molecule has 0 aliphatic carbocycles. The summed E-state index contributed by atoms with van der Waals surface area (Å²) in [4.78, 5) is 13.3. The lowest BCUT2D eigenvalue weighted by Crippen LogP contribution is -2.23. The fourth-order valence-corrected chi connectivity index (χ4v) is 3.04. The van der Waals surface area contributed by atoms with Gasteiger partial charge in [0, 0.05) is 17.5 Å². The molecular formula is C21H16N2O2S. The highest BCUT2D eigenvalue weighted by Crippen LogP contribution is 2.29. The van der Waals surface area contributed by atoms with Gasteiger partial charge in [-0.1, -0.05) is 60.3 Å². The second-order valence-corrected chi connectivity index (χ2v) is 6.49. The number of amides is 1. The monoisotopic (exact) mass is 360 g/mol. The van der Waals surface area contributed by atoms with Gasteiger partial charge >= 0.3 is 0 Å². The van der Waals surface area contributed by atoms with Crippen LogP contribution in [0.25, 0.3) is 6.08 Å². The topological polar surface area (TPSA) is 66.0 Å². The highest BCUT2D eigenvalue weighted by molar-refractivity contribution is 7.99. The maximum atomic E-state index is 12.2. The first-order valence-corrected chi connectivity index (χ1v) is 8.83. The van der Waals surface area contributed by atoms with Crippen LogP contribution in [0.4, 0.5) is 0 Å². The molecule has 0 aliphatic heterocycles. The van der Waals surface area contributed by atoms with Crippen LogP contribution in [0.3, 0.4) is 0 Å². The van der Waals surface area contributed by atoms with Crippen molar-refractivity contribution in [2.24, 2.45) is 0 Å². The van der Waals surface area contributed by atoms with Crippen LogP contribution in [0, 0.1) is 11.3 Å². The average molecular weight is 360 g/mol. The van der Waals surface area contributed by atoms with E-state index >= 15 is 0 Å². The number of nitrogens with zero attached hydrogens (tertiary/aromatic N) is 1. The summed E-state index contributed by atoms with van der Waals surface area (Å²) < 4.78 is 5.69. The van der Waals surface area contributed by atoms with Crippen molar-refractivity contribution in [3.63, 3.8) is 0 Å². The van der Waals surface area contributed by atoms with Crippen molar-refractivity contribution in [3.05, 3.63) is 89.7 Å². The largest absolute Gasteiger partial charge is 0.450 e. The molecule has 0 atom stereocenters. The first-order chi connectivity index (χ1) is 12.7. The highest BCUT2D eigenvalue weighted by Gasteiger charge is 2.10. The second kappa shape index (κ2) is 8.75.